The zero-order valence-corrected chi connectivity index (χ0v) is 14.5. The Morgan fingerprint density at radius 3 is 1.72 bits per heavy atom. The second-order valence-electron chi connectivity index (χ2n) is 4.92. The van der Waals surface area contributed by atoms with Gasteiger partial charge in [-0.15, -0.1) is 0 Å². The Morgan fingerprint density at radius 2 is 1.39 bits per heavy atom. The second kappa shape index (κ2) is 7.36. The number of rotatable bonds is 7. The van der Waals surface area contributed by atoms with E-state index < -0.39 is 25.1 Å². The van der Waals surface area contributed by atoms with E-state index in [4.69, 9.17) is 6.15 Å². The van der Waals surface area contributed by atoms with Gasteiger partial charge < -0.3 is 0 Å². The molecule has 0 radical (unpaired) electrons. The number of unbranched alkanes of at least 4 members (excludes halogenated alkanes) is 2. The molecule has 104 valence electrons. The minimum atomic E-state index is -3.43. The summed E-state index contributed by atoms with van der Waals surface area (Å²) in [5.74, 6) is -1.33. The molecular formula is C13H24O4Sn. The molecule has 0 spiro atoms. The molecule has 0 aliphatic carbocycles. The van der Waals surface area contributed by atoms with E-state index >= 15 is 0 Å². The molecule has 0 aromatic rings. The van der Waals surface area contributed by atoms with Crippen LogP contribution < -0.4 is 0 Å². The van der Waals surface area contributed by atoms with Crippen LogP contribution in [0.3, 0.4) is 0 Å². The summed E-state index contributed by atoms with van der Waals surface area (Å²) >= 11 is -3.43. The van der Waals surface area contributed by atoms with E-state index in [1.807, 2.05) is 6.92 Å². The first-order valence-corrected chi connectivity index (χ1v) is 13.4. The van der Waals surface area contributed by atoms with Crippen molar-refractivity contribution in [3.05, 3.63) is 0 Å². The maximum absolute atomic E-state index is 11.9. The summed E-state index contributed by atoms with van der Waals surface area (Å²) in [7, 11) is 0. The molecule has 1 heterocycles. The van der Waals surface area contributed by atoms with Gasteiger partial charge in [-0.25, -0.2) is 0 Å². The Bertz CT molecular complexity index is 275. The molecule has 0 saturated carbocycles. The molecule has 0 amide bonds. The molecule has 4 nitrogen and oxygen atoms in total. The number of carbonyl (C=O) groups is 2. The first-order chi connectivity index (χ1) is 8.58. The SMILES string of the molecule is CCC[CH2][Sn]1([CH2]CCC)[O]C(=O)C(CC)C(=O)[O]1. The average molecular weight is 363 g/mol. The van der Waals surface area contributed by atoms with Gasteiger partial charge >= 0.3 is 115 Å². The molecule has 0 bridgehead atoms. The van der Waals surface area contributed by atoms with Gasteiger partial charge in [-0.1, -0.05) is 0 Å². The Morgan fingerprint density at radius 1 is 0.944 bits per heavy atom. The Balaban J connectivity index is 2.78. The van der Waals surface area contributed by atoms with Crippen molar-refractivity contribution in [3.8, 4) is 0 Å². The van der Waals surface area contributed by atoms with Gasteiger partial charge in [-0.2, -0.15) is 0 Å². The minimum absolute atomic E-state index is 0.322. The van der Waals surface area contributed by atoms with E-state index in [0.717, 1.165) is 34.6 Å². The molecule has 0 atom stereocenters. The normalized spacial score (nSPS) is 19.5. The molecule has 1 fully saturated rings. The van der Waals surface area contributed by atoms with Gasteiger partial charge in [0, 0.05) is 0 Å². The molecule has 1 aliphatic rings. The molecule has 1 aliphatic heterocycles. The van der Waals surface area contributed by atoms with Crippen LogP contribution in [-0.4, -0.2) is 31.1 Å². The molecule has 1 saturated heterocycles. The molecule has 18 heavy (non-hydrogen) atoms. The Kier molecular flexibility index (Phi) is 6.46. The third kappa shape index (κ3) is 3.87. The molecule has 0 unspecified atom stereocenters. The summed E-state index contributed by atoms with van der Waals surface area (Å²) < 4.78 is 13.0. The fraction of sp³-hybridized carbons (Fsp3) is 0.846. The molecule has 5 heteroatoms. The van der Waals surface area contributed by atoms with E-state index in [0.29, 0.717) is 6.42 Å². The van der Waals surface area contributed by atoms with Gasteiger partial charge in [-0.05, 0) is 0 Å². The number of hydrogen-bond donors (Lipinski definition) is 0. The maximum atomic E-state index is 11.9. The Labute approximate surface area is 114 Å². The monoisotopic (exact) mass is 364 g/mol. The van der Waals surface area contributed by atoms with Crippen LogP contribution in [0.1, 0.15) is 52.9 Å². The molecular weight excluding hydrogens is 339 g/mol. The first-order valence-electron chi connectivity index (χ1n) is 7.04. The summed E-state index contributed by atoms with van der Waals surface area (Å²) in [6.45, 7) is 6.01. The van der Waals surface area contributed by atoms with Crippen molar-refractivity contribution >= 4 is 31.1 Å². The average Bonchev–Trinajstić information content (AvgIpc) is 2.34. The van der Waals surface area contributed by atoms with E-state index in [1.54, 1.807) is 0 Å². The van der Waals surface area contributed by atoms with Crippen LogP contribution in [-0.2, 0) is 15.7 Å². The standard InChI is InChI=1S/C5H8O4.2C4H9.Sn/c1-2-3(4(6)7)5(8)9;2*1-3-4-2;/h3H,2H2,1H3,(H,6,7)(H,8,9);2*1,3-4H2,2H3;/q;;;+2/p-2. The van der Waals surface area contributed by atoms with Gasteiger partial charge in [0.25, 0.3) is 0 Å². The summed E-state index contributed by atoms with van der Waals surface area (Å²) in [4.78, 5) is 23.8. The van der Waals surface area contributed by atoms with Crippen LogP contribution in [0, 0.1) is 5.92 Å². The Hall–Kier alpha value is -0.261. The van der Waals surface area contributed by atoms with Crippen LogP contribution >= 0.6 is 0 Å². The van der Waals surface area contributed by atoms with E-state index in [1.165, 1.54) is 0 Å². The third-order valence-electron chi connectivity index (χ3n) is 3.37. The summed E-state index contributed by atoms with van der Waals surface area (Å²) in [5, 5.41) is 0. The first kappa shape index (κ1) is 15.8. The number of carbonyl (C=O) groups excluding carboxylic acids is 2. The van der Waals surface area contributed by atoms with Crippen molar-refractivity contribution in [2.24, 2.45) is 5.92 Å². The topological polar surface area (TPSA) is 52.6 Å². The quantitative estimate of drug-likeness (QED) is 0.515. The summed E-state index contributed by atoms with van der Waals surface area (Å²) in [6, 6.07) is 0. The van der Waals surface area contributed by atoms with Crippen LogP contribution in [0.4, 0.5) is 0 Å². The molecule has 0 N–H and O–H groups in total. The number of hydrogen-bond acceptors (Lipinski definition) is 4. The van der Waals surface area contributed by atoms with Crippen molar-refractivity contribution in [2.45, 2.75) is 61.7 Å². The van der Waals surface area contributed by atoms with Gasteiger partial charge in [-0.3, -0.25) is 0 Å². The summed E-state index contributed by atoms with van der Waals surface area (Å²) in [5.41, 5.74) is 0. The second-order valence-corrected chi connectivity index (χ2v) is 14.1. The van der Waals surface area contributed by atoms with Crippen LogP contribution in [0.5, 0.6) is 0 Å². The van der Waals surface area contributed by atoms with Crippen molar-refractivity contribution in [2.75, 3.05) is 0 Å². The van der Waals surface area contributed by atoms with Crippen molar-refractivity contribution in [1.82, 2.24) is 0 Å². The summed E-state index contributed by atoms with van der Waals surface area (Å²) in [6.07, 6.45) is 4.52. The molecule has 1 rings (SSSR count). The zero-order valence-electron chi connectivity index (χ0n) is 11.7. The van der Waals surface area contributed by atoms with E-state index in [-0.39, 0.29) is 11.9 Å². The predicted molar refractivity (Wildman–Crippen MR) is 71.1 cm³/mol. The van der Waals surface area contributed by atoms with Crippen LogP contribution in [0.15, 0.2) is 0 Å². The van der Waals surface area contributed by atoms with Crippen LogP contribution in [0.2, 0.25) is 8.87 Å². The van der Waals surface area contributed by atoms with Crippen molar-refractivity contribution < 1.29 is 15.7 Å². The van der Waals surface area contributed by atoms with E-state index in [9.17, 15) is 9.59 Å². The van der Waals surface area contributed by atoms with Gasteiger partial charge in [0.05, 0.1) is 0 Å². The van der Waals surface area contributed by atoms with Gasteiger partial charge in [0.2, 0.25) is 0 Å². The van der Waals surface area contributed by atoms with Crippen molar-refractivity contribution in [3.63, 3.8) is 0 Å². The third-order valence-corrected chi connectivity index (χ3v) is 13.0. The molecule has 0 aromatic heterocycles. The molecule has 0 aromatic carbocycles. The van der Waals surface area contributed by atoms with Crippen molar-refractivity contribution in [1.29, 1.82) is 0 Å². The van der Waals surface area contributed by atoms with Gasteiger partial charge in [0.15, 0.2) is 0 Å². The fourth-order valence-electron chi connectivity index (χ4n) is 2.18. The fourth-order valence-corrected chi connectivity index (χ4v) is 12.2. The van der Waals surface area contributed by atoms with Crippen LogP contribution in [0.25, 0.3) is 0 Å². The predicted octanol–water partition coefficient (Wildman–Crippen LogP) is 3.16. The zero-order chi connectivity index (χ0) is 13.6. The van der Waals surface area contributed by atoms with E-state index in [2.05, 4.69) is 13.8 Å². The van der Waals surface area contributed by atoms with Gasteiger partial charge in [0.1, 0.15) is 0 Å².